The number of hydrogen-bond acceptors (Lipinski definition) is 4. The van der Waals surface area contributed by atoms with Gasteiger partial charge in [0.1, 0.15) is 11.5 Å². The van der Waals surface area contributed by atoms with Gasteiger partial charge in [0.15, 0.2) is 11.7 Å². The van der Waals surface area contributed by atoms with Crippen LogP contribution in [0, 0.1) is 0 Å². The van der Waals surface area contributed by atoms with E-state index in [4.69, 9.17) is 9.15 Å². The number of hydrogen-bond donors (Lipinski definition) is 1. The SMILES string of the molecule is O=C(CCCc1ncc(-c2ccccc2)o1)NC1c2ccccc2Oc2ccccc21. The molecule has 1 amide bonds. The van der Waals surface area contributed by atoms with Crippen molar-refractivity contribution in [1.82, 2.24) is 10.3 Å². The van der Waals surface area contributed by atoms with Gasteiger partial charge in [-0.1, -0.05) is 66.7 Å². The van der Waals surface area contributed by atoms with Crippen LogP contribution in [-0.4, -0.2) is 10.9 Å². The number of nitrogens with one attached hydrogen (secondary N) is 1. The lowest BCUT2D eigenvalue weighted by Gasteiger charge is -2.28. The Morgan fingerprint density at radius 3 is 2.23 bits per heavy atom. The molecule has 1 aliphatic rings. The molecule has 3 aromatic carbocycles. The van der Waals surface area contributed by atoms with Crippen molar-refractivity contribution in [2.45, 2.75) is 25.3 Å². The van der Waals surface area contributed by atoms with E-state index in [0.717, 1.165) is 33.9 Å². The first-order chi connectivity index (χ1) is 15.3. The van der Waals surface area contributed by atoms with E-state index in [9.17, 15) is 4.79 Å². The lowest BCUT2D eigenvalue weighted by atomic mass is 9.94. The molecule has 2 heterocycles. The normalized spacial score (nSPS) is 12.5. The number of aryl methyl sites for hydroxylation is 1. The van der Waals surface area contributed by atoms with Crippen LogP contribution in [-0.2, 0) is 11.2 Å². The van der Waals surface area contributed by atoms with Gasteiger partial charge < -0.3 is 14.5 Å². The van der Waals surface area contributed by atoms with Crippen molar-refractivity contribution in [3.05, 3.63) is 102 Å². The summed E-state index contributed by atoms with van der Waals surface area (Å²) in [6, 6.07) is 25.3. The molecule has 0 aliphatic carbocycles. The second kappa shape index (κ2) is 8.48. The maximum absolute atomic E-state index is 12.7. The average molecular weight is 410 g/mol. The van der Waals surface area contributed by atoms with Gasteiger partial charge in [0.25, 0.3) is 0 Å². The van der Waals surface area contributed by atoms with Crippen LogP contribution in [0.5, 0.6) is 11.5 Å². The molecule has 0 atom stereocenters. The second-order valence-corrected chi connectivity index (χ2v) is 7.52. The van der Waals surface area contributed by atoms with Crippen LogP contribution in [0.4, 0.5) is 0 Å². The molecule has 5 rings (SSSR count). The fourth-order valence-corrected chi connectivity index (χ4v) is 3.86. The summed E-state index contributed by atoms with van der Waals surface area (Å²) in [6.45, 7) is 0. The number of fused-ring (bicyclic) bond motifs is 2. The van der Waals surface area contributed by atoms with Crippen molar-refractivity contribution < 1.29 is 13.9 Å². The molecular weight excluding hydrogens is 388 g/mol. The Morgan fingerprint density at radius 2 is 1.52 bits per heavy atom. The molecule has 0 saturated carbocycles. The summed E-state index contributed by atoms with van der Waals surface area (Å²) in [7, 11) is 0. The zero-order valence-electron chi connectivity index (χ0n) is 17.0. The van der Waals surface area contributed by atoms with Gasteiger partial charge >= 0.3 is 0 Å². The molecule has 0 saturated heterocycles. The summed E-state index contributed by atoms with van der Waals surface area (Å²) in [5.41, 5.74) is 2.93. The minimum absolute atomic E-state index is 0.00801. The van der Waals surface area contributed by atoms with Gasteiger partial charge in [0.05, 0.1) is 12.2 Å². The number of rotatable bonds is 6. The standard InChI is InChI=1S/C26H22N2O3/c29-24(15-8-16-25-27-17-23(31-25)18-9-2-1-3-10-18)28-26-19-11-4-6-13-21(19)30-22-14-7-5-12-20(22)26/h1-7,9-14,17,26H,8,15-16H2,(H,28,29). The Morgan fingerprint density at radius 1 is 0.871 bits per heavy atom. The lowest BCUT2D eigenvalue weighted by Crippen LogP contribution is -2.31. The van der Waals surface area contributed by atoms with Crippen molar-refractivity contribution in [2.75, 3.05) is 0 Å². The zero-order valence-corrected chi connectivity index (χ0v) is 17.0. The molecule has 1 N–H and O–H groups in total. The van der Waals surface area contributed by atoms with E-state index in [0.29, 0.717) is 25.2 Å². The Hall–Kier alpha value is -3.86. The predicted molar refractivity (Wildman–Crippen MR) is 118 cm³/mol. The van der Waals surface area contributed by atoms with E-state index in [1.54, 1.807) is 6.20 Å². The van der Waals surface area contributed by atoms with Crippen molar-refractivity contribution in [1.29, 1.82) is 0 Å². The highest BCUT2D eigenvalue weighted by molar-refractivity contribution is 5.77. The maximum Gasteiger partial charge on any atom is 0.220 e. The molecule has 1 aliphatic heterocycles. The Labute approximate surface area is 180 Å². The number of carbonyl (C=O) groups excluding carboxylic acids is 1. The number of amides is 1. The molecule has 154 valence electrons. The summed E-state index contributed by atoms with van der Waals surface area (Å²) in [6.07, 6.45) is 3.40. The molecule has 1 aromatic heterocycles. The van der Waals surface area contributed by atoms with Crippen molar-refractivity contribution in [3.8, 4) is 22.8 Å². The number of aromatic nitrogens is 1. The fourth-order valence-electron chi connectivity index (χ4n) is 3.86. The van der Waals surface area contributed by atoms with E-state index in [-0.39, 0.29) is 11.9 Å². The molecule has 5 nitrogen and oxygen atoms in total. The highest BCUT2D eigenvalue weighted by atomic mass is 16.5. The van der Waals surface area contributed by atoms with Crippen LogP contribution >= 0.6 is 0 Å². The van der Waals surface area contributed by atoms with E-state index in [1.807, 2.05) is 78.9 Å². The maximum atomic E-state index is 12.7. The van der Waals surface area contributed by atoms with Crippen LogP contribution in [0.15, 0.2) is 89.5 Å². The van der Waals surface area contributed by atoms with Crippen LogP contribution in [0.25, 0.3) is 11.3 Å². The Bertz CT molecular complexity index is 1150. The minimum atomic E-state index is -0.222. The number of carbonyl (C=O) groups is 1. The van der Waals surface area contributed by atoms with E-state index < -0.39 is 0 Å². The molecule has 31 heavy (non-hydrogen) atoms. The van der Waals surface area contributed by atoms with Crippen LogP contribution in [0.2, 0.25) is 0 Å². The average Bonchev–Trinajstić information content (AvgIpc) is 3.28. The Balaban J connectivity index is 1.22. The lowest BCUT2D eigenvalue weighted by molar-refractivity contribution is -0.121. The van der Waals surface area contributed by atoms with Crippen molar-refractivity contribution in [2.24, 2.45) is 0 Å². The van der Waals surface area contributed by atoms with Crippen LogP contribution in [0.3, 0.4) is 0 Å². The molecular formula is C26H22N2O3. The summed E-state index contributed by atoms with van der Waals surface area (Å²) in [5.74, 6) is 2.94. The van der Waals surface area contributed by atoms with Crippen molar-refractivity contribution in [3.63, 3.8) is 0 Å². The van der Waals surface area contributed by atoms with Gasteiger partial charge in [-0.2, -0.15) is 0 Å². The number of ether oxygens (including phenoxy) is 1. The summed E-state index contributed by atoms with van der Waals surface area (Å²) >= 11 is 0. The van der Waals surface area contributed by atoms with Gasteiger partial charge in [0, 0.05) is 29.5 Å². The van der Waals surface area contributed by atoms with Crippen LogP contribution in [0.1, 0.15) is 35.9 Å². The van der Waals surface area contributed by atoms with Gasteiger partial charge in [-0.3, -0.25) is 4.79 Å². The van der Waals surface area contributed by atoms with Crippen LogP contribution < -0.4 is 10.1 Å². The Kier molecular flexibility index (Phi) is 5.23. The molecule has 0 fully saturated rings. The zero-order chi connectivity index (χ0) is 21.0. The molecule has 0 bridgehead atoms. The quantitative estimate of drug-likeness (QED) is 0.444. The molecule has 4 aromatic rings. The van der Waals surface area contributed by atoms with Gasteiger partial charge in [-0.15, -0.1) is 0 Å². The van der Waals surface area contributed by atoms with E-state index in [1.165, 1.54) is 0 Å². The molecule has 5 heteroatoms. The van der Waals surface area contributed by atoms with Gasteiger partial charge in [0.2, 0.25) is 5.91 Å². The monoisotopic (exact) mass is 410 g/mol. The first-order valence-corrected chi connectivity index (χ1v) is 10.4. The van der Waals surface area contributed by atoms with Gasteiger partial charge in [-0.05, 0) is 18.6 Å². The summed E-state index contributed by atoms with van der Waals surface area (Å²) in [5, 5.41) is 3.18. The minimum Gasteiger partial charge on any atom is -0.457 e. The third kappa shape index (κ3) is 4.08. The van der Waals surface area contributed by atoms with E-state index >= 15 is 0 Å². The number of nitrogens with zero attached hydrogens (tertiary/aromatic N) is 1. The first-order valence-electron chi connectivity index (χ1n) is 10.4. The smallest absolute Gasteiger partial charge is 0.220 e. The molecule has 0 spiro atoms. The highest BCUT2D eigenvalue weighted by Gasteiger charge is 2.27. The highest BCUT2D eigenvalue weighted by Crippen LogP contribution is 2.42. The third-order valence-electron chi connectivity index (χ3n) is 5.39. The predicted octanol–water partition coefficient (Wildman–Crippen LogP) is 5.68. The second-order valence-electron chi connectivity index (χ2n) is 7.52. The topological polar surface area (TPSA) is 64.4 Å². The largest absolute Gasteiger partial charge is 0.457 e. The first kappa shape index (κ1) is 19.1. The molecule has 0 radical (unpaired) electrons. The van der Waals surface area contributed by atoms with Crippen molar-refractivity contribution >= 4 is 5.91 Å². The number of para-hydroxylation sites is 2. The van der Waals surface area contributed by atoms with E-state index in [2.05, 4.69) is 10.3 Å². The summed E-state index contributed by atoms with van der Waals surface area (Å²) < 4.78 is 11.8. The fraction of sp³-hybridized carbons (Fsp3) is 0.154. The third-order valence-corrected chi connectivity index (χ3v) is 5.39. The van der Waals surface area contributed by atoms with Gasteiger partial charge in [-0.25, -0.2) is 4.98 Å². The molecule has 0 unspecified atom stereocenters. The number of benzene rings is 3. The summed E-state index contributed by atoms with van der Waals surface area (Å²) in [4.78, 5) is 17.1. The number of oxazole rings is 1.